The maximum Gasteiger partial charge on any atom is 0.228 e. The second-order valence-corrected chi connectivity index (χ2v) is 4.46. The fourth-order valence-corrected chi connectivity index (χ4v) is 1.42. The molecule has 1 unspecified atom stereocenters. The maximum atomic E-state index is 11.4. The number of carbonyl (C=O) groups is 1. The number of thiol groups is 1. The molecule has 0 saturated heterocycles. The van der Waals surface area contributed by atoms with E-state index in [1.807, 2.05) is 73.7 Å². The van der Waals surface area contributed by atoms with E-state index in [-0.39, 0.29) is 11.8 Å². The van der Waals surface area contributed by atoms with Crippen LogP contribution in [-0.4, -0.2) is 11.7 Å². The third-order valence-electron chi connectivity index (χ3n) is 2.43. The Balaban J connectivity index is 0.000000250. The number of anilines is 1. The highest BCUT2D eigenvalue weighted by Crippen LogP contribution is 2.08. The van der Waals surface area contributed by atoms with Crippen LogP contribution < -0.4 is 5.32 Å². The van der Waals surface area contributed by atoms with Crippen LogP contribution in [0.4, 0.5) is 5.69 Å². The summed E-state index contributed by atoms with van der Waals surface area (Å²) in [5.74, 6) is 0.531. The van der Waals surface area contributed by atoms with Crippen LogP contribution in [-0.2, 0) is 4.79 Å². The molecule has 2 rings (SSSR count). The highest BCUT2D eigenvalue weighted by molar-refractivity contribution is 7.80. The molecule has 0 bridgehead atoms. The van der Waals surface area contributed by atoms with Crippen LogP contribution in [0.25, 0.3) is 0 Å². The highest BCUT2D eigenvalue weighted by atomic mass is 32.1. The van der Waals surface area contributed by atoms with Crippen molar-refractivity contribution in [2.75, 3.05) is 11.1 Å². The molecule has 1 amide bonds. The Hall–Kier alpha value is -1.74. The zero-order chi connectivity index (χ0) is 13.9. The SMILES string of the molecule is CC(CS)C(=O)Nc1ccccc1.c1ccccc1. The van der Waals surface area contributed by atoms with Crippen molar-refractivity contribution in [1.82, 2.24) is 0 Å². The Kier molecular flexibility index (Phi) is 7.44. The van der Waals surface area contributed by atoms with E-state index in [9.17, 15) is 4.79 Å². The van der Waals surface area contributed by atoms with Crippen LogP contribution in [0.5, 0.6) is 0 Å². The lowest BCUT2D eigenvalue weighted by atomic mass is 10.2. The average Bonchev–Trinajstić information content (AvgIpc) is 2.50. The van der Waals surface area contributed by atoms with E-state index in [0.717, 1.165) is 5.69 Å². The van der Waals surface area contributed by atoms with Crippen LogP contribution in [0.1, 0.15) is 6.92 Å². The molecule has 2 aromatic carbocycles. The molecule has 2 aromatic rings. The summed E-state index contributed by atoms with van der Waals surface area (Å²) in [5, 5.41) is 2.80. The Bertz CT molecular complexity index is 432. The van der Waals surface area contributed by atoms with Crippen molar-refractivity contribution >= 4 is 24.2 Å². The summed E-state index contributed by atoms with van der Waals surface area (Å²) < 4.78 is 0. The number of amides is 1. The lowest BCUT2D eigenvalue weighted by molar-refractivity contribution is -0.118. The zero-order valence-electron chi connectivity index (χ0n) is 11.0. The molecule has 19 heavy (non-hydrogen) atoms. The molecule has 1 atom stereocenters. The van der Waals surface area contributed by atoms with Gasteiger partial charge in [0.05, 0.1) is 0 Å². The number of hydrogen-bond donors (Lipinski definition) is 2. The molecule has 0 aromatic heterocycles. The van der Waals surface area contributed by atoms with E-state index in [4.69, 9.17) is 0 Å². The van der Waals surface area contributed by atoms with Crippen molar-refractivity contribution in [3.05, 3.63) is 66.7 Å². The predicted octanol–water partition coefficient (Wildman–Crippen LogP) is 3.88. The van der Waals surface area contributed by atoms with E-state index in [0.29, 0.717) is 5.75 Å². The second-order valence-electron chi connectivity index (χ2n) is 4.09. The third-order valence-corrected chi connectivity index (χ3v) is 2.98. The number of rotatable bonds is 3. The minimum atomic E-state index is -0.0523. The number of nitrogens with one attached hydrogen (secondary N) is 1. The molecule has 0 spiro atoms. The molecular formula is C16H19NOS. The van der Waals surface area contributed by atoms with Crippen molar-refractivity contribution in [1.29, 1.82) is 0 Å². The third kappa shape index (κ3) is 6.67. The Morgan fingerprint density at radius 1 is 1.00 bits per heavy atom. The lowest BCUT2D eigenvalue weighted by Crippen LogP contribution is -2.21. The van der Waals surface area contributed by atoms with Gasteiger partial charge in [-0.1, -0.05) is 61.5 Å². The molecule has 0 aliphatic rings. The normalized spacial score (nSPS) is 10.8. The largest absolute Gasteiger partial charge is 0.326 e. The molecule has 0 aliphatic heterocycles. The number of carbonyl (C=O) groups excluding carboxylic acids is 1. The smallest absolute Gasteiger partial charge is 0.228 e. The first-order chi connectivity index (χ1) is 9.24. The van der Waals surface area contributed by atoms with Gasteiger partial charge in [0.25, 0.3) is 0 Å². The quantitative estimate of drug-likeness (QED) is 0.817. The van der Waals surface area contributed by atoms with E-state index in [1.165, 1.54) is 0 Å². The minimum Gasteiger partial charge on any atom is -0.326 e. The highest BCUT2D eigenvalue weighted by Gasteiger charge is 2.09. The van der Waals surface area contributed by atoms with E-state index < -0.39 is 0 Å². The summed E-state index contributed by atoms with van der Waals surface area (Å²) in [6.07, 6.45) is 0. The van der Waals surface area contributed by atoms with Crippen molar-refractivity contribution < 1.29 is 4.79 Å². The molecular weight excluding hydrogens is 254 g/mol. The van der Waals surface area contributed by atoms with Gasteiger partial charge in [-0.25, -0.2) is 0 Å². The van der Waals surface area contributed by atoms with Crippen LogP contribution in [0.2, 0.25) is 0 Å². The average molecular weight is 273 g/mol. The monoisotopic (exact) mass is 273 g/mol. The number of hydrogen-bond acceptors (Lipinski definition) is 2. The fraction of sp³-hybridized carbons (Fsp3) is 0.188. The van der Waals surface area contributed by atoms with Gasteiger partial charge in [0.1, 0.15) is 0 Å². The van der Waals surface area contributed by atoms with Crippen molar-refractivity contribution in [2.45, 2.75) is 6.92 Å². The van der Waals surface area contributed by atoms with Gasteiger partial charge in [0.15, 0.2) is 0 Å². The summed E-state index contributed by atoms with van der Waals surface area (Å²) in [7, 11) is 0. The minimum absolute atomic E-state index is 0.0150. The first-order valence-corrected chi connectivity index (χ1v) is 6.84. The molecule has 0 saturated carbocycles. The standard InChI is InChI=1S/C10H13NOS.C6H6/c1-8(7-13)10(12)11-9-5-3-2-4-6-9;1-2-4-6-5-3-1/h2-6,8,13H,7H2,1H3,(H,11,12);1-6H. The second kappa shape index (κ2) is 9.22. The van der Waals surface area contributed by atoms with Crippen molar-refractivity contribution in [3.8, 4) is 0 Å². The van der Waals surface area contributed by atoms with E-state index in [2.05, 4.69) is 17.9 Å². The van der Waals surface area contributed by atoms with Crippen LogP contribution in [0.3, 0.4) is 0 Å². The first-order valence-electron chi connectivity index (χ1n) is 6.21. The van der Waals surface area contributed by atoms with Gasteiger partial charge < -0.3 is 5.32 Å². The number of benzene rings is 2. The molecule has 0 radical (unpaired) electrons. The summed E-state index contributed by atoms with van der Waals surface area (Å²) in [4.78, 5) is 11.4. The Morgan fingerprint density at radius 3 is 1.84 bits per heavy atom. The Morgan fingerprint density at radius 2 is 1.42 bits per heavy atom. The molecule has 2 nitrogen and oxygen atoms in total. The van der Waals surface area contributed by atoms with Crippen LogP contribution in [0, 0.1) is 5.92 Å². The summed E-state index contributed by atoms with van der Waals surface area (Å²) in [6.45, 7) is 1.85. The van der Waals surface area contributed by atoms with Gasteiger partial charge >= 0.3 is 0 Å². The van der Waals surface area contributed by atoms with E-state index >= 15 is 0 Å². The van der Waals surface area contributed by atoms with E-state index in [1.54, 1.807) is 0 Å². The predicted molar refractivity (Wildman–Crippen MR) is 84.5 cm³/mol. The van der Waals surface area contributed by atoms with Crippen molar-refractivity contribution in [3.63, 3.8) is 0 Å². The van der Waals surface area contributed by atoms with Crippen LogP contribution in [0.15, 0.2) is 66.7 Å². The van der Waals surface area contributed by atoms with Crippen LogP contribution >= 0.6 is 12.6 Å². The maximum absolute atomic E-state index is 11.4. The summed E-state index contributed by atoms with van der Waals surface area (Å²) in [5.41, 5.74) is 0.834. The lowest BCUT2D eigenvalue weighted by Gasteiger charge is -2.08. The molecule has 0 aliphatic carbocycles. The molecule has 0 fully saturated rings. The molecule has 0 heterocycles. The Labute approximate surface area is 120 Å². The van der Waals surface area contributed by atoms with Gasteiger partial charge in [0.2, 0.25) is 5.91 Å². The van der Waals surface area contributed by atoms with Gasteiger partial charge in [-0.2, -0.15) is 12.6 Å². The summed E-state index contributed by atoms with van der Waals surface area (Å²) >= 11 is 4.06. The van der Waals surface area contributed by atoms with Gasteiger partial charge in [-0.3, -0.25) is 4.79 Å². The van der Waals surface area contributed by atoms with Gasteiger partial charge in [-0.15, -0.1) is 0 Å². The molecule has 100 valence electrons. The van der Waals surface area contributed by atoms with Gasteiger partial charge in [0, 0.05) is 17.4 Å². The molecule has 3 heteroatoms. The topological polar surface area (TPSA) is 29.1 Å². The summed E-state index contributed by atoms with van der Waals surface area (Å²) in [6, 6.07) is 21.4. The van der Waals surface area contributed by atoms with Gasteiger partial charge in [-0.05, 0) is 12.1 Å². The fourth-order valence-electron chi connectivity index (χ4n) is 1.25. The first kappa shape index (κ1) is 15.3. The zero-order valence-corrected chi connectivity index (χ0v) is 11.9. The van der Waals surface area contributed by atoms with Crippen molar-refractivity contribution in [2.24, 2.45) is 5.92 Å². The number of para-hydroxylation sites is 1. The molecule has 1 N–H and O–H groups in total.